The SMILES string of the molecule is NC(=O)c1ccc(N2CCNCC2)c(F)c1C1CCC(=O)NC1=O. The van der Waals surface area contributed by atoms with Crippen molar-refractivity contribution in [3.63, 3.8) is 0 Å². The Hall–Kier alpha value is -2.48. The van der Waals surface area contributed by atoms with Gasteiger partial charge in [0, 0.05) is 43.7 Å². The van der Waals surface area contributed by atoms with Gasteiger partial charge in [-0.2, -0.15) is 0 Å². The zero-order valence-electron chi connectivity index (χ0n) is 13.1. The molecule has 3 amide bonds. The molecule has 2 aliphatic rings. The summed E-state index contributed by atoms with van der Waals surface area (Å²) in [6.07, 6.45) is 0.263. The Morgan fingerprint density at radius 2 is 1.96 bits per heavy atom. The molecule has 1 aromatic carbocycles. The van der Waals surface area contributed by atoms with E-state index in [0.29, 0.717) is 18.8 Å². The lowest BCUT2D eigenvalue weighted by atomic mass is 9.86. The molecule has 2 fully saturated rings. The normalized spacial score (nSPS) is 21.5. The van der Waals surface area contributed by atoms with Crippen LogP contribution in [0.2, 0.25) is 0 Å². The first-order valence-electron chi connectivity index (χ1n) is 7.90. The molecule has 2 aliphatic heterocycles. The van der Waals surface area contributed by atoms with Gasteiger partial charge in [-0.1, -0.05) is 0 Å². The zero-order chi connectivity index (χ0) is 17.3. The van der Waals surface area contributed by atoms with Crippen LogP contribution in [0.25, 0.3) is 0 Å². The van der Waals surface area contributed by atoms with Gasteiger partial charge < -0.3 is 16.0 Å². The average Bonchev–Trinajstić information content (AvgIpc) is 2.56. The van der Waals surface area contributed by atoms with Gasteiger partial charge >= 0.3 is 0 Å². The summed E-state index contributed by atoms with van der Waals surface area (Å²) in [4.78, 5) is 37.1. The molecule has 1 aromatic rings. The van der Waals surface area contributed by atoms with E-state index < -0.39 is 29.5 Å². The topological polar surface area (TPSA) is 105 Å². The zero-order valence-corrected chi connectivity index (χ0v) is 13.1. The molecular weight excluding hydrogens is 315 g/mol. The molecule has 0 spiro atoms. The smallest absolute Gasteiger partial charge is 0.249 e. The second-order valence-corrected chi connectivity index (χ2v) is 5.96. The number of primary amides is 1. The van der Waals surface area contributed by atoms with Gasteiger partial charge in [0.1, 0.15) is 0 Å². The van der Waals surface area contributed by atoms with Gasteiger partial charge in [-0.15, -0.1) is 0 Å². The molecule has 24 heavy (non-hydrogen) atoms. The number of nitrogens with zero attached hydrogens (tertiary/aromatic N) is 1. The highest BCUT2D eigenvalue weighted by Crippen LogP contribution is 2.34. The van der Waals surface area contributed by atoms with Gasteiger partial charge in [0.2, 0.25) is 17.7 Å². The number of amides is 3. The van der Waals surface area contributed by atoms with Crippen LogP contribution in [-0.4, -0.2) is 43.9 Å². The average molecular weight is 334 g/mol. The Morgan fingerprint density at radius 1 is 1.25 bits per heavy atom. The van der Waals surface area contributed by atoms with Crippen LogP contribution in [0.4, 0.5) is 10.1 Å². The second-order valence-electron chi connectivity index (χ2n) is 5.96. The number of rotatable bonds is 3. The second kappa shape index (κ2) is 6.56. The van der Waals surface area contributed by atoms with Crippen molar-refractivity contribution in [3.05, 3.63) is 29.1 Å². The molecule has 0 saturated carbocycles. The Kier molecular flexibility index (Phi) is 4.48. The van der Waals surface area contributed by atoms with E-state index in [-0.39, 0.29) is 24.0 Å². The minimum absolute atomic E-state index is 0.0106. The lowest BCUT2D eigenvalue weighted by molar-refractivity contribution is -0.134. The van der Waals surface area contributed by atoms with Crippen LogP contribution in [0.15, 0.2) is 12.1 Å². The van der Waals surface area contributed by atoms with E-state index in [2.05, 4.69) is 10.6 Å². The number of nitrogens with two attached hydrogens (primary N) is 1. The van der Waals surface area contributed by atoms with Crippen molar-refractivity contribution in [2.45, 2.75) is 18.8 Å². The van der Waals surface area contributed by atoms with Crippen LogP contribution in [0.1, 0.15) is 34.7 Å². The maximum absolute atomic E-state index is 15.2. The summed E-state index contributed by atoms with van der Waals surface area (Å²) < 4.78 is 15.2. The molecule has 0 radical (unpaired) electrons. The minimum Gasteiger partial charge on any atom is -0.367 e. The highest BCUT2D eigenvalue weighted by atomic mass is 19.1. The number of carbonyl (C=O) groups excluding carboxylic acids is 3. The van der Waals surface area contributed by atoms with Gasteiger partial charge in [0.05, 0.1) is 11.6 Å². The number of hydrogen-bond donors (Lipinski definition) is 3. The number of benzene rings is 1. The third-order valence-electron chi connectivity index (χ3n) is 4.47. The molecular formula is C16H19FN4O3. The van der Waals surface area contributed by atoms with Crippen molar-refractivity contribution in [1.29, 1.82) is 0 Å². The summed E-state index contributed by atoms with van der Waals surface area (Å²) in [7, 11) is 0. The quantitative estimate of drug-likeness (QED) is 0.667. The molecule has 3 rings (SSSR count). The maximum Gasteiger partial charge on any atom is 0.249 e. The van der Waals surface area contributed by atoms with Crippen LogP contribution < -0.4 is 21.3 Å². The monoisotopic (exact) mass is 334 g/mol. The number of halogens is 1. The van der Waals surface area contributed by atoms with Gasteiger partial charge in [0.15, 0.2) is 5.82 Å². The Balaban J connectivity index is 2.05. The van der Waals surface area contributed by atoms with Crippen molar-refractivity contribution in [1.82, 2.24) is 10.6 Å². The molecule has 8 heteroatoms. The minimum atomic E-state index is -0.895. The fraction of sp³-hybridized carbons (Fsp3) is 0.438. The van der Waals surface area contributed by atoms with Crippen LogP contribution in [-0.2, 0) is 9.59 Å². The van der Waals surface area contributed by atoms with Gasteiger partial charge in [-0.05, 0) is 18.6 Å². The van der Waals surface area contributed by atoms with Crippen molar-refractivity contribution in [3.8, 4) is 0 Å². The molecule has 1 unspecified atom stereocenters. The summed E-state index contributed by atoms with van der Waals surface area (Å²) in [5, 5.41) is 5.38. The first kappa shape index (κ1) is 16.4. The van der Waals surface area contributed by atoms with Crippen LogP contribution >= 0.6 is 0 Å². The largest absolute Gasteiger partial charge is 0.367 e. The first-order valence-corrected chi connectivity index (χ1v) is 7.90. The van der Waals surface area contributed by atoms with Crippen molar-refractivity contribution >= 4 is 23.4 Å². The van der Waals surface area contributed by atoms with E-state index >= 15 is 4.39 Å². The molecule has 0 aliphatic carbocycles. The van der Waals surface area contributed by atoms with Crippen molar-refractivity contribution < 1.29 is 18.8 Å². The molecule has 2 saturated heterocycles. The predicted molar refractivity (Wildman–Crippen MR) is 85.1 cm³/mol. The molecule has 0 bridgehead atoms. The van der Waals surface area contributed by atoms with E-state index in [1.54, 1.807) is 0 Å². The Morgan fingerprint density at radius 3 is 2.58 bits per heavy atom. The molecule has 1 atom stereocenters. The first-order chi connectivity index (χ1) is 11.5. The molecule has 2 heterocycles. The number of piperazine rings is 1. The summed E-state index contributed by atoms with van der Waals surface area (Å²) in [5.41, 5.74) is 5.69. The van der Waals surface area contributed by atoms with Gasteiger partial charge in [0.25, 0.3) is 0 Å². The molecule has 4 N–H and O–H groups in total. The molecule has 128 valence electrons. The van der Waals surface area contributed by atoms with E-state index in [1.165, 1.54) is 12.1 Å². The Bertz CT molecular complexity index is 701. The number of piperidine rings is 1. The molecule has 7 nitrogen and oxygen atoms in total. The lowest BCUT2D eigenvalue weighted by Gasteiger charge is -2.31. The summed E-state index contributed by atoms with van der Waals surface area (Å²) >= 11 is 0. The van der Waals surface area contributed by atoms with E-state index in [4.69, 9.17) is 5.73 Å². The fourth-order valence-electron chi connectivity index (χ4n) is 3.26. The summed E-state index contributed by atoms with van der Waals surface area (Å²) in [6, 6.07) is 2.98. The number of imide groups is 1. The van der Waals surface area contributed by atoms with Gasteiger partial charge in [-0.25, -0.2) is 4.39 Å². The third kappa shape index (κ3) is 2.96. The van der Waals surface area contributed by atoms with Crippen molar-refractivity contribution in [2.24, 2.45) is 5.73 Å². The van der Waals surface area contributed by atoms with E-state index in [1.807, 2.05) is 4.90 Å². The predicted octanol–water partition coefficient (Wildman–Crippen LogP) is -0.146. The van der Waals surface area contributed by atoms with Gasteiger partial charge in [-0.3, -0.25) is 19.7 Å². The Labute approximate surface area is 138 Å². The van der Waals surface area contributed by atoms with Crippen LogP contribution in [0, 0.1) is 5.82 Å². The fourth-order valence-corrected chi connectivity index (χ4v) is 3.26. The highest BCUT2D eigenvalue weighted by Gasteiger charge is 2.34. The third-order valence-corrected chi connectivity index (χ3v) is 4.47. The number of anilines is 1. The van der Waals surface area contributed by atoms with E-state index in [0.717, 1.165) is 13.1 Å². The number of carbonyl (C=O) groups is 3. The summed E-state index contributed by atoms with van der Waals surface area (Å²) in [6.45, 7) is 2.71. The molecule has 0 aromatic heterocycles. The van der Waals surface area contributed by atoms with Crippen molar-refractivity contribution in [2.75, 3.05) is 31.1 Å². The summed E-state index contributed by atoms with van der Waals surface area (Å²) in [5.74, 6) is -3.28. The maximum atomic E-state index is 15.2. The number of hydrogen-bond acceptors (Lipinski definition) is 5. The van der Waals surface area contributed by atoms with E-state index in [9.17, 15) is 14.4 Å². The van der Waals surface area contributed by atoms with Crippen LogP contribution in [0.5, 0.6) is 0 Å². The standard InChI is InChI=1S/C16H19FN4O3/c17-14-11(21-7-5-19-6-8-21)3-1-9(15(18)23)13(14)10-2-4-12(22)20-16(10)24/h1,3,10,19H,2,4-8H2,(H2,18,23)(H,20,22,24). The lowest BCUT2D eigenvalue weighted by Crippen LogP contribution is -2.44. The van der Waals surface area contributed by atoms with Crippen LogP contribution in [0.3, 0.4) is 0 Å². The number of nitrogens with one attached hydrogen (secondary N) is 2. The highest BCUT2D eigenvalue weighted by molar-refractivity contribution is 6.03.